The molecule has 0 unspecified atom stereocenters. The van der Waals surface area contributed by atoms with Crippen molar-refractivity contribution < 1.29 is 0 Å². The smallest absolute Gasteiger partial charge is 0.0945 e. The lowest BCUT2D eigenvalue weighted by molar-refractivity contribution is 0.539. The van der Waals surface area contributed by atoms with Crippen LogP contribution in [0, 0.1) is 0 Å². The average molecular weight is 244 g/mol. The highest BCUT2D eigenvalue weighted by molar-refractivity contribution is 5.07. The fourth-order valence-corrected chi connectivity index (χ4v) is 2.21. The van der Waals surface area contributed by atoms with Crippen molar-refractivity contribution in [1.29, 1.82) is 0 Å². The Labute approximate surface area is 108 Å². The third-order valence-electron chi connectivity index (χ3n) is 3.45. The van der Waals surface area contributed by atoms with Gasteiger partial charge in [-0.05, 0) is 31.4 Å². The first-order valence-electron chi connectivity index (χ1n) is 6.75. The number of imidazole rings is 1. The molecular formula is C14H20N4. The van der Waals surface area contributed by atoms with Crippen LogP contribution < -0.4 is 5.32 Å². The van der Waals surface area contributed by atoms with Gasteiger partial charge in [0, 0.05) is 50.0 Å². The molecule has 1 N–H and O–H groups in total. The van der Waals surface area contributed by atoms with Crippen molar-refractivity contribution in [2.24, 2.45) is 0 Å². The molecule has 1 saturated carbocycles. The second-order valence-electron chi connectivity index (χ2n) is 5.00. The standard InChI is InChI=1S/C14H20N4/c1-3-14(11-16-13-4-5-13)18(8-1)9-2-7-17-10-6-15-12-17/h1,3,6,8,10,12-13,16H,2,4-5,7,9,11H2. The van der Waals surface area contributed by atoms with Crippen LogP contribution in [0.4, 0.5) is 0 Å². The second-order valence-corrected chi connectivity index (χ2v) is 5.00. The minimum Gasteiger partial charge on any atom is -0.350 e. The second kappa shape index (κ2) is 5.40. The van der Waals surface area contributed by atoms with E-state index in [1.165, 1.54) is 18.5 Å². The highest BCUT2D eigenvalue weighted by atomic mass is 15.0. The summed E-state index contributed by atoms with van der Waals surface area (Å²) in [4.78, 5) is 4.06. The molecule has 0 aliphatic heterocycles. The fraction of sp³-hybridized carbons (Fsp3) is 0.500. The molecule has 0 aromatic carbocycles. The summed E-state index contributed by atoms with van der Waals surface area (Å²) < 4.78 is 4.48. The van der Waals surface area contributed by atoms with Gasteiger partial charge in [-0.3, -0.25) is 0 Å². The minimum absolute atomic E-state index is 0.777. The molecule has 18 heavy (non-hydrogen) atoms. The van der Waals surface area contributed by atoms with Crippen LogP contribution in [0.2, 0.25) is 0 Å². The maximum Gasteiger partial charge on any atom is 0.0945 e. The van der Waals surface area contributed by atoms with Gasteiger partial charge in [0.15, 0.2) is 0 Å². The van der Waals surface area contributed by atoms with Gasteiger partial charge in [-0.1, -0.05) is 0 Å². The Hall–Kier alpha value is -1.55. The maximum absolute atomic E-state index is 4.06. The number of aryl methyl sites for hydroxylation is 2. The normalized spacial score (nSPS) is 15.1. The maximum atomic E-state index is 4.06. The van der Waals surface area contributed by atoms with Crippen molar-refractivity contribution in [2.45, 2.75) is 44.9 Å². The predicted octanol–water partition coefficient (Wildman–Crippen LogP) is 2.03. The lowest BCUT2D eigenvalue weighted by Crippen LogP contribution is -2.18. The molecule has 1 aliphatic rings. The molecule has 0 atom stereocenters. The summed E-state index contributed by atoms with van der Waals surface area (Å²) >= 11 is 0. The summed E-state index contributed by atoms with van der Waals surface area (Å²) in [6, 6.07) is 5.13. The molecule has 4 nitrogen and oxygen atoms in total. The first kappa shape index (κ1) is 11.5. The van der Waals surface area contributed by atoms with Gasteiger partial charge in [-0.2, -0.15) is 0 Å². The Balaban J connectivity index is 1.47. The van der Waals surface area contributed by atoms with E-state index in [-0.39, 0.29) is 0 Å². The van der Waals surface area contributed by atoms with Crippen LogP contribution in [0.25, 0.3) is 0 Å². The van der Waals surface area contributed by atoms with E-state index in [2.05, 4.69) is 37.8 Å². The van der Waals surface area contributed by atoms with Crippen LogP contribution >= 0.6 is 0 Å². The first-order chi connectivity index (χ1) is 8.92. The van der Waals surface area contributed by atoms with Crippen molar-refractivity contribution in [3.05, 3.63) is 42.7 Å². The van der Waals surface area contributed by atoms with Gasteiger partial charge < -0.3 is 14.5 Å². The largest absolute Gasteiger partial charge is 0.350 e. The molecule has 2 aromatic rings. The molecule has 96 valence electrons. The molecule has 4 heteroatoms. The highest BCUT2D eigenvalue weighted by Crippen LogP contribution is 2.19. The van der Waals surface area contributed by atoms with Gasteiger partial charge in [0.25, 0.3) is 0 Å². The molecule has 2 aromatic heterocycles. The molecule has 0 saturated heterocycles. The van der Waals surface area contributed by atoms with Gasteiger partial charge >= 0.3 is 0 Å². The van der Waals surface area contributed by atoms with Crippen LogP contribution in [0.3, 0.4) is 0 Å². The van der Waals surface area contributed by atoms with Crippen LogP contribution in [-0.4, -0.2) is 20.2 Å². The molecule has 0 bridgehead atoms. The van der Waals surface area contributed by atoms with E-state index in [4.69, 9.17) is 0 Å². The Bertz CT molecular complexity index is 468. The number of nitrogens with one attached hydrogen (secondary N) is 1. The topological polar surface area (TPSA) is 34.8 Å². The monoisotopic (exact) mass is 244 g/mol. The Kier molecular flexibility index (Phi) is 3.46. The zero-order valence-electron chi connectivity index (χ0n) is 10.6. The minimum atomic E-state index is 0.777. The van der Waals surface area contributed by atoms with Crippen molar-refractivity contribution in [1.82, 2.24) is 19.4 Å². The summed E-state index contributed by atoms with van der Waals surface area (Å²) in [6.07, 6.45) is 11.7. The van der Waals surface area contributed by atoms with Crippen molar-refractivity contribution in [3.8, 4) is 0 Å². The van der Waals surface area contributed by atoms with Gasteiger partial charge in [0.05, 0.1) is 6.33 Å². The molecule has 1 fully saturated rings. The van der Waals surface area contributed by atoms with E-state index >= 15 is 0 Å². The van der Waals surface area contributed by atoms with E-state index in [9.17, 15) is 0 Å². The van der Waals surface area contributed by atoms with Gasteiger partial charge in [-0.15, -0.1) is 0 Å². The highest BCUT2D eigenvalue weighted by Gasteiger charge is 2.20. The van der Waals surface area contributed by atoms with Crippen molar-refractivity contribution >= 4 is 0 Å². The average Bonchev–Trinajstić information content (AvgIpc) is 2.89. The molecule has 0 radical (unpaired) electrons. The molecule has 0 amide bonds. The van der Waals surface area contributed by atoms with Gasteiger partial charge in [0.2, 0.25) is 0 Å². The number of hydrogen-bond acceptors (Lipinski definition) is 2. The summed E-state index contributed by atoms with van der Waals surface area (Å²) in [6.45, 7) is 3.11. The van der Waals surface area contributed by atoms with Crippen molar-refractivity contribution in [3.63, 3.8) is 0 Å². The van der Waals surface area contributed by atoms with Crippen LogP contribution in [0.5, 0.6) is 0 Å². The fourth-order valence-electron chi connectivity index (χ4n) is 2.21. The Morgan fingerprint density at radius 1 is 1.28 bits per heavy atom. The molecule has 0 spiro atoms. The Morgan fingerprint density at radius 2 is 2.22 bits per heavy atom. The number of rotatable bonds is 7. The Morgan fingerprint density at radius 3 is 3.00 bits per heavy atom. The van der Waals surface area contributed by atoms with E-state index < -0.39 is 0 Å². The van der Waals surface area contributed by atoms with Crippen LogP contribution in [0.15, 0.2) is 37.1 Å². The molecule has 1 aliphatic carbocycles. The van der Waals surface area contributed by atoms with Crippen molar-refractivity contribution in [2.75, 3.05) is 0 Å². The number of nitrogens with zero attached hydrogens (tertiary/aromatic N) is 3. The van der Waals surface area contributed by atoms with E-state index in [0.29, 0.717) is 0 Å². The summed E-state index contributed by atoms with van der Waals surface area (Å²) in [5.74, 6) is 0. The van der Waals surface area contributed by atoms with E-state index in [0.717, 1.165) is 32.1 Å². The lowest BCUT2D eigenvalue weighted by Gasteiger charge is -2.10. The van der Waals surface area contributed by atoms with Crippen LogP contribution in [0.1, 0.15) is 25.0 Å². The summed E-state index contributed by atoms with van der Waals surface area (Å²) in [7, 11) is 0. The molecule has 3 rings (SSSR count). The predicted molar refractivity (Wildman–Crippen MR) is 71.1 cm³/mol. The van der Waals surface area contributed by atoms with E-state index in [1.54, 1.807) is 0 Å². The SMILES string of the molecule is c1cc(CNC2CC2)n(CCCn2ccnc2)c1. The van der Waals surface area contributed by atoms with Crippen LogP contribution in [-0.2, 0) is 19.6 Å². The number of aromatic nitrogens is 3. The van der Waals surface area contributed by atoms with Gasteiger partial charge in [0.1, 0.15) is 0 Å². The zero-order chi connectivity index (χ0) is 12.2. The first-order valence-corrected chi connectivity index (χ1v) is 6.75. The quantitative estimate of drug-likeness (QED) is 0.808. The summed E-state index contributed by atoms with van der Waals surface area (Å²) in [5.41, 5.74) is 1.40. The molecular weight excluding hydrogens is 224 g/mol. The van der Waals surface area contributed by atoms with E-state index in [1.807, 2.05) is 18.7 Å². The summed E-state index contributed by atoms with van der Waals surface area (Å²) in [5, 5.41) is 3.57. The lowest BCUT2D eigenvalue weighted by atomic mass is 10.3. The number of hydrogen-bond donors (Lipinski definition) is 1. The van der Waals surface area contributed by atoms with Gasteiger partial charge in [-0.25, -0.2) is 4.98 Å². The zero-order valence-corrected chi connectivity index (χ0v) is 10.6. The third kappa shape index (κ3) is 3.01. The third-order valence-corrected chi connectivity index (χ3v) is 3.45. The molecule has 2 heterocycles.